The van der Waals surface area contributed by atoms with Gasteiger partial charge in [-0.3, -0.25) is 0 Å². The molecule has 0 aromatic heterocycles. The van der Waals surface area contributed by atoms with Crippen LogP contribution in [0.5, 0.6) is 0 Å². The number of amidine groups is 1. The fourth-order valence-electron chi connectivity index (χ4n) is 4.95. The zero-order chi connectivity index (χ0) is 23.9. The Balaban J connectivity index is 1.48. The highest BCUT2D eigenvalue weighted by molar-refractivity contribution is 9.10. The van der Waals surface area contributed by atoms with Gasteiger partial charge in [0.05, 0.1) is 17.4 Å². The van der Waals surface area contributed by atoms with E-state index in [0.29, 0.717) is 0 Å². The monoisotopic (exact) mass is 622 g/mol. The minimum absolute atomic E-state index is 0.108. The first-order valence-electron chi connectivity index (χ1n) is 11.5. The molecule has 3 aliphatic rings. The van der Waals surface area contributed by atoms with Gasteiger partial charge >= 0.3 is 0 Å². The lowest BCUT2D eigenvalue weighted by atomic mass is 9.83. The first-order chi connectivity index (χ1) is 17.1. The maximum absolute atomic E-state index is 6.19. The largest absolute Gasteiger partial charge is 0.308 e. The molecule has 6 rings (SSSR count). The summed E-state index contributed by atoms with van der Waals surface area (Å²) in [6.07, 6.45) is 5.52. The Hall–Kier alpha value is -2.05. The fraction of sp³-hybridized carbons (Fsp3) is 0.138. The molecule has 0 saturated carbocycles. The molecule has 174 valence electrons. The highest BCUT2D eigenvalue weighted by atomic mass is 79.9. The van der Waals surface area contributed by atoms with Crippen LogP contribution in [0.4, 0.5) is 0 Å². The number of halogens is 3. The molecule has 3 aromatic carbocycles. The van der Waals surface area contributed by atoms with E-state index in [-0.39, 0.29) is 6.04 Å². The molecule has 0 saturated heterocycles. The first kappa shape index (κ1) is 23.4. The van der Waals surface area contributed by atoms with E-state index in [1.54, 1.807) is 11.8 Å². The van der Waals surface area contributed by atoms with Crippen LogP contribution in [0.1, 0.15) is 42.0 Å². The SMILES string of the molecule is Clc1ccc(C2=CSC3=NC4=C(CCC/C4=C\c4ccc(Br)cc4)C(c4ccc(Br)cc4)N23)cc1. The Morgan fingerprint density at radius 2 is 1.57 bits per heavy atom. The van der Waals surface area contributed by atoms with Crippen LogP contribution in [0.3, 0.4) is 0 Å². The van der Waals surface area contributed by atoms with E-state index in [2.05, 4.69) is 109 Å². The summed E-state index contributed by atoms with van der Waals surface area (Å²) < 4.78 is 2.18. The number of rotatable bonds is 3. The van der Waals surface area contributed by atoms with E-state index in [4.69, 9.17) is 16.6 Å². The number of hydrogen-bond acceptors (Lipinski definition) is 3. The molecule has 3 aromatic rings. The Bertz CT molecular complexity index is 1400. The summed E-state index contributed by atoms with van der Waals surface area (Å²) in [5, 5.41) is 4.01. The van der Waals surface area contributed by atoms with Crippen LogP contribution in [-0.2, 0) is 0 Å². The highest BCUT2D eigenvalue weighted by Gasteiger charge is 2.40. The predicted octanol–water partition coefficient (Wildman–Crippen LogP) is 9.84. The molecule has 0 spiro atoms. The van der Waals surface area contributed by atoms with Crippen molar-refractivity contribution in [2.75, 3.05) is 0 Å². The summed E-state index contributed by atoms with van der Waals surface area (Å²) in [5.41, 5.74) is 8.70. The van der Waals surface area contributed by atoms with Crippen molar-refractivity contribution < 1.29 is 0 Å². The molecule has 0 N–H and O–H groups in total. The van der Waals surface area contributed by atoms with Crippen molar-refractivity contribution in [3.05, 3.63) is 126 Å². The topological polar surface area (TPSA) is 15.6 Å². The smallest absolute Gasteiger partial charge is 0.174 e. The van der Waals surface area contributed by atoms with Gasteiger partial charge in [0.25, 0.3) is 0 Å². The Morgan fingerprint density at radius 1 is 0.886 bits per heavy atom. The molecule has 2 nitrogen and oxygen atoms in total. The second-order valence-corrected chi connectivity index (χ2v) is 11.9. The van der Waals surface area contributed by atoms with E-state index in [1.807, 2.05) is 12.1 Å². The maximum Gasteiger partial charge on any atom is 0.174 e. The molecule has 0 bridgehead atoms. The van der Waals surface area contributed by atoms with Crippen LogP contribution >= 0.6 is 55.2 Å². The van der Waals surface area contributed by atoms with E-state index < -0.39 is 0 Å². The minimum Gasteiger partial charge on any atom is -0.308 e. The lowest BCUT2D eigenvalue weighted by Crippen LogP contribution is -2.34. The third-order valence-corrected chi connectivity index (χ3v) is 8.72. The van der Waals surface area contributed by atoms with Gasteiger partial charge < -0.3 is 4.90 Å². The van der Waals surface area contributed by atoms with Crippen LogP contribution in [0.15, 0.2) is 109 Å². The number of thioether (sulfide) groups is 1. The molecule has 1 atom stereocenters. The summed E-state index contributed by atoms with van der Waals surface area (Å²) in [4.78, 5) is 7.68. The Morgan fingerprint density at radius 3 is 2.29 bits per heavy atom. The van der Waals surface area contributed by atoms with Gasteiger partial charge in [0.1, 0.15) is 0 Å². The van der Waals surface area contributed by atoms with Crippen LogP contribution in [0.2, 0.25) is 5.02 Å². The van der Waals surface area contributed by atoms with Crippen LogP contribution in [-0.4, -0.2) is 10.1 Å². The summed E-state index contributed by atoms with van der Waals surface area (Å²) in [6.45, 7) is 0. The third-order valence-electron chi connectivity index (χ3n) is 6.57. The average Bonchev–Trinajstić information content (AvgIpc) is 3.29. The van der Waals surface area contributed by atoms with Gasteiger partial charge in [0.15, 0.2) is 5.17 Å². The molecular weight excluding hydrogens is 604 g/mol. The maximum atomic E-state index is 6.19. The molecule has 1 aliphatic carbocycles. The normalized spacial score (nSPS) is 20.5. The molecule has 35 heavy (non-hydrogen) atoms. The lowest BCUT2D eigenvalue weighted by Gasteiger charge is -2.40. The van der Waals surface area contributed by atoms with Gasteiger partial charge in [-0.25, -0.2) is 4.99 Å². The van der Waals surface area contributed by atoms with Crippen molar-refractivity contribution in [1.29, 1.82) is 0 Å². The summed E-state index contributed by atoms with van der Waals surface area (Å²) >= 11 is 15.1. The fourth-order valence-corrected chi connectivity index (χ4v) is 6.53. The van der Waals surface area contributed by atoms with Crippen LogP contribution in [0.25, 0.3) is 11.8 Å². The quantitative estimate of drug-likeness (QED) is 0.288. The second-order valence-electron chi connectivity index (χ2n) is 8.79. The molecular formula is C29H21Br2ClN2S. The van der Waals surface area contributed by atoms with E-state index in [1.165, 1.54) is 28.0 Å². The summed E-state index contributed by atoms with van der Waals surface area (Å²) in [5.74, 6) is 0. The van der Waals surface area contributed by atoms with Gasteiger partial charge in [-0.2, -0.15) is 0 Å². The molecule has 2 heterocycles. The van der Waals surface area contributed by atoms with Gasteiger partial charge in [-0.05, 0) is 89.6 Å². The standard InChI is InChI=1S/C29H21Br2ClN2S/c30-22-10-4-18(5-11-22)16-21-2-1-3-25-27(21)33-29-34(28(25)20-6-12-23(31)13-7-20)26(17-35-29)19-8-14-24(32)15-9-19/h4-17,28H,1-3H2/b21-16+. The Kier molecular flexibility index (Phi) is 6.52. The van der Waals surface area contributed by atoms with E-state index in [0.717, 1.165) is 49.7 Å². The van der Waals surface area contributed by atoms with Crippen molar-refractivity contribution in [3.63, 3.8) is 0 Å². The number of allylic oxidation sites excluding steroid dienone is 1. The third kappa shape index (κ3) is 4.60. The van der Waals surface area contributed by atoms with Gasteiger partial charge in [-0.1, -0.05) is 91.6 Å². The van der Waals surface area contributed by atoms with E-state index in [9.17, 15) is 0 Å². The van der Waals surface area contributed by atoms with Crippen LogP contribution < -0.4 is 0 Å². The first-order valence-corrected chi connectivity index (χ1v) is 14.4. The van der Waals surface area contributed by atoms with Gasteiger partial charge in [-0.15, -0.1) is 0 Å². The number of fused-ring (bicyclic) bond motifs is 1. The summed E-state index contributed by atoms with van der Waals surface area (Å²) in [6, 6.07) is 25.5. The van der Waals surface area contributed by atoms with Gasteiger partial charge in [0, 0.05) is 19.4 Å². The van der Waals surface area contributed by atoms with Crippen LogP contribution in [0, 0.1) is 0 Å². The van der Waals surface area contributed by atoms with E-state index >= 15 is 0 Å². The summed E-state index contributed by atoms with van der Waals surface area (Å²) in [7, 11) is 0. The van der Waals surface area contributed by atoms with Crippen molar-refractivity contribution >= 4 is 72.2 Å². The second kappa shape index (κ2) is 9.78. The molecule has 6 heteroatoms. The molecule has 2 aliphatic heterocycles. The molecule has 1 unspecified atom stereocenters. The lowest BCUT2D eigenvalue weighted by molar-refractivity contribution is 0.458. The molecule has 0 amide bonds. The number of aliphatic imine (C=N–C) groups is 1. The number of nitrogens with zero attached hydrogens (tertiary/aromatic N) is 2. The van der Waals surface area contributed by atoms with Crippen molar-refractivity contribution in [2.24, 2.45) is 4.99 Å². The zero-order valence-electron chi connectivity index (χ0n) is 18.7. The van der Waals surface area contributed by atoms with Gasteiger partial charge in [0.2, 0.25) is 0 Å². The highest BCUT2D eigenvalue weighted by Crippen LogP contribution is 2.51. The number of benzene rings is 3. The molecule has 0 fully saturated rings. The predicted molar refractivity (Wildman–Crippen MR) is 156 cm³/mol. The van der Waals surface area contributed by atoms with Crippen molar-refractivity contribution in [1.82, 2.24) is 4.90 Å². The minimum atomic E-state index is 0.108. The molecule has 0 radical (unpaired) electrons. The number of hydrogen-bond donors (Lipinski definition) is 0. The Labute approximate surface area is 231 Å². The zero-order valence-corrected chi connectivity index (χ0v) is 23.5. The van der Waals surface area contributed by atoms with Crippen molar-refractivity contribution in [3.8, 4) is 0 Å². The van der Waals surface area contributed by atoms with Crippen molar-refractivity contribution in [2.45, 2.75) is 25.3 Å². The average molecular weight is 625 g/mol.